The van der Waals surface area contributed by atoms with Gasteiger partial charge in [0.25, 0.3) is 0 Å². The quantitative estimate of drug-likeness (QED) is 0.550. The highest BCUT2D eigenvalue weighted by molar-refractivity contribution is 6.17. The van der Waals surface area contributed by atoms with Gasteiger partial charge < -0.3 is 4.74 Å². The van der Waals surface area contributed by atoms with Crippen molar-refractivity contribution in [2.45, 2.75) is 44.9 Å². The lowest BCUT2D eigenvalue weighted by Gasteiger charge is -2.30. The second-order valence-electron chi connectivity index (χ2n) is 7.45. The lowest BCUT2D eigenvalue weighted by Crippen LogP contribution is -2.17. The van der Waals surface area contributed by atoms with E-state index in [4.69, 9.17) is 16.3 Å². The normalized spacial score (nSPS) is 19.2. The number of hydrogen-bond donors (Lipinski definition) is 0. The first-order valence-electron chi connectivity index (χ1n) is 8.59. The smallest absolute Gasteiger partial charge is 0.131 e. The lowest BCUT2D eigenvalue weighted by molar-refractivity contribution is 0.332. The molecule has 0 aliphatic heterocycles. The third-order valence-corrected chi connectivity index (χ3v) is 5.72. The predicted molar refractivity (Wildman–Crippen MR) is 98.3 cm³/mol. The summed E-state index contributed by atoms with van der Waals surface area (Å²) >= 11 is 5.97. The Bertz CT molecular complexity index is 786. The van der Waals surface area contributed by atoms with E-state index in [1.165, 1.54) is 19.2 Å². The molecule has 1 aliphatic carbocycles. The minimum absolute atomic E-state index is 0.0431. The molecule has 1 saturated carbocycles. The van der Waals surface area contributed by atoms with Gasteiger partial charge in [-0.05, 0) is 59.6 Å². The highest BCUT2D eigenvalue weighted by Gasteiger charge is 2.37. The molecule has 25 heavy (non-hydrogen) atoms. The lowest BCUT2D eigenvalue weighted by atomic mass is 9.75. The topological polar surface area (TPSA) is 9.23 Å². The second-order valence-corrected chi connectivity index (χ2v) is 7.72. The van der Waals surface area contributed by atoms with E-state index in [2.05, 4.69) is 13.8 Å². The van der Waals surface area contributed by atoms with E-state index in [0.29, 0.717) is 11.3 Å². The first-order valence-corrected chi connectivity index (χ1v) is 9.13. The van der Waals surface area contributed by atoms with Crippen molar-refractivity contribution in [3.8, 4) is 16.9 Å². The van der Waals surface area contributed by atoms with Gasteiger partial charge in [0.2, 0.25) is 0 Å². The largest absolute Gasteiger partial charge is 0.497 e. The highest BCUT2D eigenvalue weighted by atomic mass is 35.5. The van der Waals surface area contributed by atoms with Crippen molar-refractivity contribution >= 4 is 11.6 Å². The minimum Gasteiger partial charge on any atom is -0.497 e. The molecule has 0 radical (unpaired) electrons. The summed E-state index contributed by atoms with van der Waals surface area (Å²) in [5.74, 6) is 0.0378. The Labute approximate surface area is 153 Å². The van der Waals surface area contributed by atoms with E-state index in [0.717, 1.165) is 30.4 Å². The van der Waals surface area contributed by atoms with Crippen LogP contribution in [0.4, 0.5) is 8.78 Å². The van der Waals surface area contributed by atoms with Crippen LogP contribution in [-0.2, 0) is 5.88 Å². The Balaban J connectivity index is 2.26. The third-order valence-electron chi connectivity index (χ3n) is 5.41. The van der Waals surface area contributed by atoms with Crippen molar-refractivity contribution in [3.05, 3.63) is 53.1 Å². The standard InChI is InChI=1S/C21H23ClF2O/c1-21(2)8-4-5-17(21)15-9-13(12-22)10-19(24)20(15)16-11-14(25-3)6-7-18(16)23/h6-7,9-11,17H,4-5,8,12H2,1-3H3/t17-/m0/s1. The molecule has 4 heteroatoms. The van der Waals surface area contributed by atoms with Gasteiger partial charge in [-0.2, -0.15) is 0 Å². The molecule has 1 fully saturated rings. The van der Waals surface area contributed by atoms with Crippen LogP contribution in [0.3, 0.4) is 0 Å². The maximum absolute atomic E-state index is 15.0. The average molecular weight is 365 g/mol. The molecule has 0 bridgehead atoms. The molecule has 2 aromatic carbocycles. The number of ether oxygens (including phenoxy) is 1. The molecule has 0 spiro atoms. The Morgan fingerprint density at radius 1 is 1.16 bits per heavy atom. The number of hydrogen-bond acceptors (Lipinski definition) is 1. The first kappa shape index (κ1) is 18.2. The maximum Gasteiger partial charge on any atom is 0.131 e. The summed E-state index contributed by atoms with van der Waals surface area (Å²) in [5.41, 5.74) is 2.21. The highest BCUT2D eigenvalue weighted by Crippen LogP contribution is 2.52. The Hall–Kier alpha value is -1.61. The van der Waals surface area contributed by atoms with Crippen LogP contribution in [0.2, 0.25) is 0 Å². The van der Waals surface area contributed by atoms with Crippen LogP contribution in [-0.4, -0.2) is 7.11 Å². The summed E-state index contributed by atoms with van der Waals surface area (Å²) < 4.78 is 34.8. The molecule has 0 amide bonds. The summed E-state index contributed by atoms with van der Waals surface area (Å²) in [6, 6.07) is 7.80. The molecule has 0 heterocycles. The fourth-order valence-electron chi connectivity index (χ4n) is 4.05. The van der Waals surface area contributed by atoms with Gasteiger partial charge in [0.05, 0.1) is 7.11 Å². The van der Waals surface area contributed by atoms with Gasteiger partial charge in [-0.25, -0.2) is 8.78 Å². The van der Waals surface area contributed by atoms with Crippen molar-refractivity contribution in [3.63, 3.8) is 0 Å². The van der Waals surface area contributed by atoms with E-state index in [-0.39, 0.29) is 22.8 Å². The molecule has 0 N–H and O–H groups in total. The van der Waals surface area contributed by atoms with Crippen LogP contribution in [0.5, 0.6) is 5.75 Å². The molecule has 0 aromatic heterocycles. The van der Waals surface area contributed by atoms with Crippen molar-refractivity contribution in [1.82, 2.24) is 0 Å². The van der Waals surface area contributed by atoms with Gasteiger partial charge in [-0.15, -0.1) is 11.6 Å². The molecular formula is C21H23ClF2O. The van der Waals surface area contributed by atoms with Crippen molar-refractivity contribution in [2.24, 2.45) is 5.41 Å². The number of alkyl halides is 1. The van der Waals surface area contributed by atoms with Crippen molar-refractivity contribution in [1.29, 1.82) is 0 Å². The van der Waals surface area contributed by atoms with Gasteiger partial charge in [0.1, 0.15) is 17.4 Å². The molecular weight excluding hydrogens is 342 g/mol. The maximum atomic E-state index is 15.0. The van der Waals surface area contributed by atoms with Crippen LogP contribution in [0.15, 0.2) is 30.3 Å². The van der Waals surface area contributed by atoms with Crippen LogP contribution >= 0.6 is 11.6 Å². The van der Waals surface area contributed by atoms with Crippen LogP contribution in [0.25, 0.3) is 11.1 Å². The second kappa shape index (κ2) is 6.95. The first-order chi connectivity index (χ1) is 11.9. The predicted octanol–water partition coefficient (Wildman–Crippen LogP) is 6.67. The summed E-state index contributed by atoms with van der Waals surface area (Å²) in [7, 11) is 1.52. The summed E-state index contributed by atoms with van der Waals surface area (Å²) in [6.45, 7) is 4.39. The monoisotopic (exact) mass is 364 g/mol. The molecule has 2 aromatic rings. The molecule has 0 saturated heterocycles. The van der Waals surface area contributed by atoms with E-state index < -0.39 is 11.6 Å². The third kappa shape index (κ3) is 3.39. The fourth-order valence-corrected chi connectivity index (χ4v) is 4.20. The minimum atomic E-state index is -0.449. The van der Waals surface area contributed by atoms with Crippen molar-refractivity contribution in [2.75, 3.05) is 7.11 Å². The zero-order valence-corrected chi connectivity index (χ0v) is 15.6. The zero-order chi connectivity index (χ0) is 18.2. The molecule has 134 valence electrons. The van der Waals surface area contributed by atoms with Gasteiger partial charge in [0, 0.05) is 17.0 Å². The Morgan fingerprint density at radius 2 is 1.92 bits per heavy atom. The SMILES string of the molecule is COc1ccc(F)c(-c2c(F)cc(CCl)cc2[C@@H]2CCCC2(C)C)c1. The van der Waals surface area contributed by atoms with E-state index in [1.54, 1.807) is 12.1 Å². The number of halogens is 3. The number of methoxy groups -OCH3 is 1. The van der Waals surface area contributed by atoms with E-state index in [9.17, 15) is 4.39 Å². The van der Waals surface area contributed by atoms with E-state index in [1.807, 2.05) is 6.07 Å². The van der Waals surface area contributed by atoms with Gasteiger partial charge in [-0.1, -0.05) is 26.3 Å². The molecule has 3 rings (SSSR count). The number of rotatable bonds is 4. The van der Waals surface area contributed by atoms with Gasteiger partial charge >= 0.3 is 0 Å². The van der Waals surface area contributed by atoms with E-state index >= 15 is 4.39 Å². The molecule has 1 aliphatic rings. The van der Waals surface area contributed by atoms with Crippen molar-refractivity contribution < 1.29 is 13.5 Å². The molecule has 1 atom stereocenters. The number of benzene rings is 2. The summed E-state index contributed by atoms with van der Waals surface area (Å²) in [6.07, 6.45) is 3.13. The van der Waals surface area contributed by atoms with Crippen LogP contribution in [0, 0.1) is 17.0 Å². The van der Waals surface area contributed by atoms with Gasteiger partial charge in [-0.3, -0.25) is 0 Å². The zero-order valence-electron chi connectivity index (χ0n) is 14.8. The Kier molecular flexibility index (Phi) is 5.06. The average Bonchev–Trinajstić information content (AvgIpc) is 2.94. The van der Waals surface area contributed by atoms with Gasteiger partial charge in [0.15, 0.2) is 0 Å². The van der Waals surface area contributed by atoms with Crippen LogP contribution < -0.4 is 4.74 Å². The fraction of sp³-hybridized carbons (Fsp3) is 0.429. The molecule has 0 unspecified atom stereocenters. The summed E-state index contributed by atoms with van der Waals surface area (Å²) in [4.78, 5) is 0. The summed E-state index contributed by atoms with van der Waals surface area (Å²) in [5, 5.41) is 0. The Morgan fingerprint density at radius 3 is 2.52 bits per heavy atom. The molecule has 1 nitrogen and oxygen atoms in total. The van der Waals surface area contributed by atoms with Crippen LogP contribution in [0.1, 0.15) is 50.2 Å².